The third-order valence-electron chi connectivity index (χ3n) is 5.44. The van der Waals surface area contributed by atoms with Crippen molar-refractivity contribution in [2.75, 3.05) is 48.2 Å². The average molecular weight is 434 g/mol. The van der Waals surface area contributed by atoms with E-state index < -0.39 is 16.1 Å². The van der Waals surface area contributed by atoms with Gasteiger partial charge in [-0.2, -0.15) is 0 Å². The Morgan fingerprint density at radius 3 is 2.37 bits per heavy atom. The molecule has 0 radical (unpaired) electrons. The fourth-order valence-electron chi connectivity index (χ4n) is 3.84. The Labute approximate surface area is 175 Å². The molecule has 30 heavy (non-hydrogen) atoms. The number of rotatable bonds is 3. The van der Waals surface area contributed by atoms with Crippen LogP contribution in [0.25, 0.3) is 0 Å². The van der Waals surface area contributed by atoms with E-state index in [1.807, 2.05) is 13.0 Å². The summed E-state index contributed by atoms with van der Waals surface area (Å²) in [4.78, 5) is 16.9. The van der Waals surface area contributed by atoms with Crippen molar-refractivity contribution in [3.8, 4) is 5.75 Å². The molecule has 0 aromatic heterocycles. The van der Waals surface area contributed by atoms with Crippen LogP contribution in [0.3, 0.4) is 0 Å². The normalized spacial score (nSPS) is 19.3. The van der Waals surface area contributed by atoms with Crippen LogP contribution >= 0.6 is 0 Å². The van der Waals surface area contributed by atoms with Crippen LogP contribution in [0.5, 0.6) is 5.75 Å². The van der Waals surface area contributed by atoms with E-state index in [4.69, 9.17) is 4.74 Å². The van der Waals surface area contributed by atoms with Gasteiger partial charge < -0.3 is 14.5 Å². The van der Waals surface area contributed by atoms with Crippen molar-refractivity contribution in [3.05, 3.63) is 53.8 Å². The fourth-order valence-corrected chi connectivity index (χ4v) is 4.75. The van der Waals surface area contributed by atoms with Gasteiger partial charge >= 0.3 is 0 Å². The summed E-state index contributed by atoms with van der Waals surface area (Å²) < 4.78 is 45.0. The molecule has 2 aromatic carbocycles. The van der Waals surface area contributed by atoms with Gasteiger partial charge in [0, 0.05) is 31.9 Å². The maximum absolute atomic E-state index is 13.1. The number of benzene rings is 2. The smallest absolute Gasteiger partial charge is 0.265 e. The molecule has 2 heterocycles. The lowest BCUT2D eigenvalue weighted by atomic mass is 10.1. The second kappa shape index (κ2) is 7.79. The molecule has 0 aliphatic carbocycles. The molecular weight excluding hydrogens is 409 g/mol. The number of carbonyl (C=O) groups excluding carboxylic acids is 1. The summed E-state index contributed by atoms with van der Waals surface area (Å²) in [7, 11) is -3.56. The van der Waals surface area contributed by atoms with Gasteiger partial charge in [0.05, 0.1) is 18.5 Å². The molecule has 4 rings (SSSR count). The molecule has 1 saturated heterocycles. The third-order valence-corrected chi connectivity index (χ3v) is 6.59. The Morgan fingerprint density at radius 1 is 1.07 bits per heavy atom. The number of hydrogen-bond donors (Lipinski definition) is 0. The first-order valence-corrected chi connectivity index (χ1v) is 11.6. The highest BCUT2D eigenvalue weighted by Crippen LogP contribution is 2.36. The Bertz CT molecular complexity index is 1050. The topological polar surface area (TPSA) is 70.2 Å². The van der Waals surface area contributed by atoms with Crippen LogP contribution in [0.2, 0.25) is 0 Å². The highest BCUT2D eigenvalue weighted by atomic mass is 32.2. The first-order valence-electron chi connectivity index (χ1n) is 9.77. The van der Waals surface area contributed by atoms with Crippen molar-refractivity contribution in [3.63, 3.8) is 0 Å². The molecule has 0 bridgehead atoms. The number of sulfonamides is 1. The molecule has 1 amide bonds. The van der Waals surface area contributed by atoms with Gasteiger partial charge in [-0.25, -0.2) is 12.8 Å². The molecule has 2 aliphatic heterocycles. The van der Waals surface area contributed by atoms with E-state index in [1.165, 1.54) is 16.4 Å². The number of aryl methyl sites for hydroxylation is 1. The van der Waals surface area contributed by atoms with Crippen molar-refractivity contribution >= 4 is 27.3 Å². The molecule has 1 atom stereocenters. The van der Waals surface area contributed by atoms with Gasteiger partial charge in [0.25, 0.3) is 5.91 Å². The molecule has 1 fully saturated rings. The first kappa shape index (κ1) is 20.5. The molecule has 9 heteroatoms. The second-order valence-corrected chi connectivity index (χ2v) is 9.57. The lowest BCUT2D eigenvalue weighted by Gasteiger charge is -2.40. The van der Waals surface area contributed by atoms with E-state index in [-0.39, 0.29) is 18.3 Å². The largest absolute Gasteiger partial charge is 0.476 e. The molecule has 0 unspecified atom stereocenters. The summed E-state index contributed by atoms with van der Waals surface area (Å²) in [6, 6.07) is 11.6. The second-order valence-electron chi connectivity index (χ2n) is 7.66. The number of hydrogen-bond acceptors (Lipinski definition) is 5. The van der Waals surface area contributed by atoms with E-state index in [9.17, 15) is 17.6 Å². The fraction of sp³-hybridized carbons (Fsp3) is 0.381. The predicted molar refractivity (Wildman–Crippen MR) is 113 cm³/mol. The quantitative estimate of drug-likeness (QED) is 0.741. The highest BCUT2D eigenvalue weighted by Gasteiger charge is 2.37. The number of carbonyl (C=O) groups is 1. The van der Waals surface area contributed by atoms with Crippen LogP contribution in [0, 0.1) is 12.7 Å². The van der Waals surface area contributed by atoms with Gasteiger partial charge in [0.2, 0.25) is 10.0 Å². The number of fused-ring (bicyclic) bond motifs is 1. The summed E-state index contributed by atoms with van der Waals surface area (Å²) >= 11 is 0. The number of ether oxygens (including phenoxy) is 1. The number of nitrogens with zero attached hydrogens (tertiary/aromatic N) is 3. The van der Waals surface area contributed by atoms with Crippen LogP contribution in [0.4, 0.5) is 15.8 Å². The van der Waals surface area contributed by atoms with Crippen molar-refractivity contribution in [2.24, 2.45) is 0 Å². The number of piperazine rings is 1. The van der Waals surface area contributed by atoms with Gasteiger partial charge in [-0.15, -0.1) is 0 Å². The molecule has 0 spiro atoms. The molecule has 2 aliphatic rings. The van der Waals surface area contributed by atoms with E-state index >= 15 is 0 Å². The van der Waals surface area contributed by atoms with E-state index in [1.54, 1.807) is 29.2 Å². The minimum absolute atomic E-state index is 0.0493. The minimum Gasteiger partial charge on any atom is -0.476 e. The zero-order valence-corrected chi connectivity index (χ0v) is 17.7. The lowest BCUT2D eigenvalue weighted by molar-refractivity contribution is -0.138. The number of anilines is 2. The Hall–Kier alpha value is -2.81. The van der Waals surface area contributed by atoms with Gasteiger partial charge in [0.15, 0.2) is 6.10 Å². The van der Waals surface area contributed by atoms with Gasteiger partial charge in [0.1, 0.15) is 11.6 Å². The van der Waals surface area contributed by atoms with Crippen molar-refractivity contribution < 1.29 is 22.3 Å². The zero-order valence-electron chi connectivity index (χ0n) is 16.9. The Balaban J connectivity index is 1.47. The lowest BCUT2D eigenvalue weighted by Crippen LogP contribution is -2.56. The van der Waals surface area contributed by atoms with E-state index in [0.717, 1.165) is 17.5 Å². The molecule has 0 saturated carbocycles. The van der Waals surface area contributed by atoms with Crippen LogP contribution < -0.4 is 13.9 Å². The summed E-state index contributed by atoms with van der Waals surface area (Å²) in [6.07, 6.45) is 0.236. The van der Waals surface area contributed by atoms with Gasteiger partial charge in [-0.1, -0.05) is 6.07 Å². The summed E-state index contributed by atoms with van der Waals surface area (Å²) in [5.41, 5.74) is 2.28. The molecular formula is C21H24FN3O4S. The predicted octanol–water partition coefficient (Wildman–Crippen LogP) is 2.01. The summed E-state index contributed by atoms with van der Waals surface area (Å²) in [5, 5.41) is 0. The summed E-state index contributed by atoms with van der Waals surface area (Å²) in [6.45, 7) is 4.00. The van der Waals surface area contributed by atoms with E-state index in [0.29, 0.717) is 37.6 Å². The van der Waals surface area contributed by atoms with Crippen LogP contribution in [-0.4, -0.2) is 64.3 Å². The Kier molecular flexibility index (Phi) is 5.31. The first-order chi connectivity index (χ1) is 14.2. The minimum atomic E-state index is -3.56. The van der Waals surface area contributed by atoms with Gasteiger partial charge in [-0.3, -0.25) is 9.10 Å². The maximum Gasteiger partial charge on any atom is 0.265 e. The third kappa shape index (κ3) is 4.07. The molecule has 7 nitrogen and oxygen atoms in total. The van der Waals surface area contributed by atoms with Crippen LogP contribution in [0.15, 0.2) is 42.5 Å². The Morgan fingerprint density at radius 2 is 1.73 bits per heavy atom. The molecule has 2 aromatic rings. The van der Waals surface area contributed by atoms with Crippen LogP contribution in [-0.2, 0) is 14.8 Å². The maximum atomic E-state index is 13.1. The molecule has 160 valence electrons. The van der Waals surface area contributed by atoms with Crippen molar-refractivity contribution in [2.45, 2.75) is 13.0 Å². The van der Waals surface area contributed by atoms with Crippen molar-refractivity contribution in [1.82, 2.24) is 4.90 Å². The number of halogens is 1. The highest BCUT2D eigenvalue weighted by molar-refractivity contribution is 7.92. The van der Waals surface area contributed by atoms with E-state index in [2.05, 4.69) is 4.90 Å². The van der Waals surface area contributed by atoms with Crippen LogP contribution in [0.1, 0.15) is 5.56 Å². The standard InChI is InChI=1S/C21H24FN3O4S/c1-15-3-8-19-18(13-15)25(30(2,27)28)14-20(29-19)21(26)24-11-9-23(10-12-24)17-6-4-16(22)5-7-17/h3-8,13,20H,9-12,14H2,1-2H3/t20-/m0/s1. The SMILES string of the molecule is Cc1ccc2c(c1)N(S(C)(=O)=O)C[C@@H](C(=O)N1CCN(c3ccc(F)cc3)CC1)O2. The number of amides is 1. The average Bonchev–Trinajstić information content (AvgIpc) is 2.72. The summed E-state index contributed by atoms with van der Waals surface area (Å²) in [5.74, 6) is -0.123. The van der Waals surface area contributed by atoms with Gasteiger partial charge in [-0.05, 0) is 48.9 Å². The zero-order chi connectivity index (χ0) is 21.5. The van der Waals surface area contributed by atoms with Crippen molar-refractivity contribution in [1.29, 1.82) is 0 Å². The monoisotopic (exact) mass is 433 g/mol. The molecule has 0 N–H and O–H groups in total.